The monoisotopic (exact) mass is 223 g/mol. The fraction of sp³-hybridized carbons (Fsp3) is 0.538. The number of methoxy groups -OCH3 is 2. The van der Waals surface area contributed by atoms with E-state index < -0.39 is 0 Å². The second kappa shape index (κ2) is 6.38. The molecule has 1 aromatic rings. The number of rotatable bonds is 6. The van der Waals surface area contributed by atoms with Crippen LogP contribution < -0.4 is 14.8 Å². The quantitative estimate of drug-likeness (QED) is 0.750. The van der Waals surface area contributed by atoms with Gasteiger partial charge in [-0.1, -0.05) is 6.92 Å². The molecule has 0 saturated carbocycles. The minimum Gasteiger partial charge on any atom is -0.497 e. The molecule has 0 aliphatic rings. The summed E-state index contributed by atoms with van der Waals surface area (Å²) in [5.74, 6) is 1.76. The van der Waals surface area contributed by atoms with Crippen molar-refractivity contribution in [2.45, 2.75) is 20.3 Å². The lowest BCUT2D eigenvalue weighted by Gasteiger charge is -2.13. The minimum atomic E-state index is 0.849. The van der Waals surface area contributed by atoms with Gasteiger partial charge in [-0.05, 0) is 43.6 Å². The van der Waals surface area contributed by atoms with E-state index in [1.54, 1.807) is 14.2 Å². The number of aryl methyl sites for hydroxylation is 1. The molecular weight excluding hydrogens is 202 g/mol. The van der Waals surface area contributed by atoms with Gasteiger partial charge in [0.05, 0.1) is 14.2 Å². The Labute approximate surface area is 97.8 Å². The van der Waals surface area contributed by atoms with Crippen LogP contribution in [0.2, 0.25) is 0 Å². The highest BCUT2D eigenvalue weighted by Gasteiger charge is 2.08. The predicted octanol–water partition coefficient (Wildman–Crippen LogP) is 2.16. The van der Waals surface area contributed by atoms with E-state index in [1.165, 1.54) is 11.1 Å². The standard InChI is InChI=1S/C13H21NO2/c1-5-14-7-6-12-10(2)8-11(15-3)9-13(12)16-4/h8-9,14H,5-7H2,1-4H3. The molecule has 0 aromatic heterocycles. The van der Waals surface area contributed by atoms with Crippen LogP contribution in [-0.4, -0.2) is 27.3 Å². The summed E-state index contributed by atoms with van der Waals surface area (Å²) in [4.78, 5) is 0. The van der Waals surface area contributed by atoms with Crippen LogP contribution in [0, 0.1) is 6.92 Å². The summed E-state index contributed by atoms with van der Waals surface area (Å²) in [6.45, 7) is 6.17. The minimum absolute atomic E-state index is 0.849. The van der Waals surface area contributed by atoms with Crippen molar-refractivity contribution in [2.24, 2.45) is 0 Å². The third-order valence-electron chi connectivity index (χ3n) is 2.66. The van der Waals surface area contributed by atoms with Gasteiger partial charge >= 0.3 is 0 Å². The molecule has 0 unspecified atom stereocenters. The van der Waals surface area contributed by atoms with Crippen LogP contribution in [0.3, 0.4) is 0 Å². The highest BCUT2D eigenvalue weighted by atomic mass is 16.5. The second-order valence-electron chi connectivity index (χ2n) is 3.73. The Hall–Kier alpha value is -1.22. The molecule has 0 atom stereocenters. The molecule has 0 radical (unpaired) electrons. The lowest BCUT2D eigenvalue weighted by Crippen LogP contribution is -2.16. The third kappa shape index (κ3) is 3.14. The molecule has 0 spiro atoms. The number of hydrogen-bond donors (Lipinski definition) is 1. The molecule has 0 heterocycles. The molecule has 0 bridgehead atoms. The summed E-state index contributed by atoms with van der Waals surface area (Å²) < 4.78 is 10.6. The molecule has 0 aliphatic heterocycles. The van der Waals surface area contributed by atoms with Gasteiger partial charge in [-0.2, -0.15) is 0 Å². The van der Waals surface area contributed by atoms with Crippen LogP contribution in [-0.2, 0) is 6.42 Å². The maximum atomic E-state index is 5.39. The number of hydrogen-bond acceptors (Lipinski definition) is 3. The largest absolute Gasteiger partial charge is 0.497 e. The third-order valence-corrected chi connectivity index (χ3v) is 2.66. The van der Waals surface area contributed by atoms with Crippen LogP contribution in [0.25, 0.3) is 0 Å². The highest BCUT2D eigenvalue weighted by Crippen LogP contribution is 2.28. The van der Waals surface area contributed by atoms with Crippen LogP contribution in [0.15, 0.2) is 12.1 Å². The molecule has 0 fully saturated rings. The van der Waals surface area contributed by atoms with E-state index in [9.17, 15) is 0 Å². The average molecular weight is 223 g/mol. The fourth-order valence-corrected chi connectivity index (χ4v) is 1.76. The van der Waals surface area contributed by atoms with Gasteiger partial charge in [-0.25, -0.2) is 0 Å². The second-order valence-corrected chi connectivity index (χ2v) is 3.73. The lowest BCUT2D eigenvalue weighted by molar-refractivity contribution is 0.390. The first-order valence-corrected chi connectivity index (χ1v) is 5.65. The maximum Gasteiger partial charge on any atom is 0.126 e. The first-order chi connectivity index (χ1) is 7.72. The van der Waals surface area contributed by atoms with Gasteiger partial charge in [-0.3, -0.25) is 0 Å². The van der Waals surface area contributed by atoms with Crippen molar-refractivity contribution in [3.8, 4) is 11.5 Å². The molecule has 0 amide bonds. The van der Waals surface area contributed by atoms with Crippen molar-refractivity contribution < 1.29 is 9.47 Å². The Kier molecular flexibility index (Phi) is 5.12. The van der Waals surface area contributed by atoms with Gasteiger partial charge in [0, 0.05) is 6.07 Å². The van der Waals surface area contributed by atoms with Crippen molar-refractivity contribution in [1.29, 1.82) is 0 Å². The summed E-state index contributed by atoms with van der Waals surface area (Å²) >= 11 is 0. The molecule has 0 aliphatic carbocycles. The highest BCUT2D eigenvalue weighted by molar-refractivity contribution is 5.46. The molecule has 3 nitrogen and oxygen atoms in total. The van der Waals surface area contributed by atoms with Crippen LogP contribution >= 0.6 is 0 Å². The molecule has 1 aromatic carbocycles. The maximum absolute atomic E-state index is 5.39. The van der Waals surface area contributed by atoms with Crippen molar-refractivity contribution in [3.63, 3.8) is 0 Å². The van der Waals surface area contributed by atoms with Crippen LogP contribution in [0.1, 0.15) is 18.1 Å². The van der Waals surface area contributed by atoms with E-state index in [-0.39, 0.29) is 0 Å². The fourth-order valence-electron chi connectivity index (χ4n) is 1.76. The lowest BCUT2D eigenvalue weighted by atomic mass is 10.0. The molecule has 1 N–H and O–H groups in total. The average Bonchev–Trinajstić information content (AvgIpc) is 2.30. The van der Waals surface area contributed by atoms with Gasteiger partial charge in [0.25, 0.3) is 0 Å². The Morgan fingerprint density at radius 1 is 1.19 bits per heavy atom. The first-order valence-electron chi connectivity index (χ1n) is 5.65. The molecule has 90 valence electrons. The normalized spacial score (nSPS) is 10.2. The van der Waals surface area contributed by atoms with E-state index in [1.807, 2.05) is 12.1 Å². The first kappa shape index (κ1) is 12.8. The predicted molar refractivity (Wildman–Crippen MR) is 66.5 cm³/mol. The van der Waals surface area contributed by atoms with E-state index in [0.717, 1.165) is 31.0 Å². The Bertz CT molecular complexity index is 337. The summed E-state index contributed by atoms with van der Waals surface area (Å²) in [5.41, 5.74) is 2.47. The number of likely N-dealkylation sites (N-methyl/N-ethyl adjacent to an activating group) is 1. The van der Waals surface area contributed by atoms with E-state index in [4.69, 9.17) is 9.47 Å². The smallest absolute Gasteiger partial charge is 0.126 e. The summed E-state index contributed by atoms with van der Waals surface area (Å²) in [6.07, 6.45) is 0.979. The molecule has 1 rings (SSSR count). The number of ether oxygens (including phenoxy) is 2. The van der Waals surface area contributed by atoms with Crippen molar-refractivity contribution in [2.75, 3.05) is 27.3 Å². The Balaban J connectivity index is 2.88. The Morgan fingerprint density at radius 2 is 1.94 bits per heavy atom. The molecular formula is C13H21NO2. The number of nitrogens with one attached hydrogen (secondary N) is 1. The summed E-state index contributed by atoms with van der Waals surface area (Å²) in [7, 11) is 3.37. The van der Waals surface area contributed by atoms with Crippen LogP contribution in [0.5, 0.6) is 11.5 Å². The zero-order valence-electron chi connectivity index (χ0n) is 10.6. The SMILES string of the molecule is CCNCCc1c(C)cc(OC)cc1OC. The van der Waals surface area contributed by atoms with Crippen molar-refractivity contribution >= 4 is 0 Å². The molecule has 16 heavy (non-hydrogen) atoms. The van der Waals surface area contributed by atoms with Gasteiger partial charge < -0.3 is 14.8 Å². The van der Waals surface area contributed by atoms with Crippen molar-refractivity contribution in [1.82, 2.24) is 5.32 Å². The zero-order valence-corrected chi connectivity index (χ0v) is 10.6. The Morgan fingerprint density at radius 3 is 2.50 bits per heavy atom. The molecule has 0 saturated heterocycles. The van der Waals surface area contributed by atoms with Gasteiger partial charge in [0.15, 0.2) is 0 Å². The van der Waals surface area contributed by atoms with Gasteiger partial charge in [-0.15, -0.1) is 0 Å². The van der Waals surface area contributed by atoms with E-state index in [0.29, 0.717) is 0 Å². The molecule has 3 heteroatoms. The number of benzene rings is 1. The van der Waals surface area contributed by atoms with Crippen LogP contribution in [0.4, 0.5) is 0 Å². The van der Waals surface area contributed by atoms with Gasteiger partial charge in [0.2, 0.25) is 0 Å². The summed E-state index contributed by atoms with van der Waals surface area (Å²) in [6, 6.07) is 3.98. The van der Waals surface area contributed by atoms with Crippen molar-refractivity contribution in [3.05, 3.63) is 23.3 Å². The van der Waals surface area contributed by atoms with Gasteiger partial charge in [0.1, 0.15) is 11.5 Å². The van der Waals surface area contributed by atoms with E-state index in [2.05, 4.69) is 19.2 Å². The van der Waals surface area contributed by atoms with E-state index >= 15 is 0 Å². The zero-order chi connectivity index (χ0) is 12.0. The topological polar surface area (TPSA) is 30.5 Å². The summed E-state index contributed by atoms with van der Waals surface area (Å²) in [5, 5.41) is 3.32.